The predicted molar refractivity (Wildman–Crippen MR) is 34.6 cm³/mol. The lowest BCUT2D eigenvalue weighted by atomic mass is 10.7. The highest BCUT2D eigenvalue weighted by Crippen LogP contribution is 1.73. The van der Waals surface area contributed by atoms with Crippen LogP contribution in [-0.2, 0) is 4.74 Å². The predicted octanol–water partition coefficient (Wildman–Crippen LogP) is 0.980. The number of carboxylic acid groups (broad SMARTS) is 1. The van der Waals surface area contributed by atoms with Gasteiger partial charge in [0.05, 0.1) is 0 Å². The van der Waals surface area contributed by atoms with Gasteiger partial charge in [-0.3, -0.25) is 0 Å². The van der Waals surface area contributed by atoms with Gasteiger partial charge in [0.25, 0.3) is 0 Å². The molecule has 0 aliphatic rings. The van der Waals surface area contributed by atoms with Crippen LogP contribution in [0.3, 0.4) is 0 Å². The first kappa shape index (κ1) is 10.4. The average molecular weight is 136 g/mol. The molecular formula is C4H8O3S. The molecule has 0 heterocycles. The normalized spacial score (nSPS) is 6.50. The number of ether oxygens (including phenoxy) is 1. The SMILES string of the molecule is C=CCOC(=O)O.S. The minimum atomic E-state index is -1.26. The lowest BCUT2D eigenvalue weighted by Gasteiger charge is -1.88. The first-order valence-corrected chi connectivity index (χ1v) is 1.74. The summed E-state index contributed by atoms with van der Waals surface area (Å²) >= 11 is 0. The zero-order valence-electron chi connectivity index (χ0n) is 4.26. The van der Waals surface area contributed by atoms with Crippen LogP contribution in [-0.4, -0.2) is 17.9 Å². The van der Waals surface area contributed by atoms with E-state index in [1.807, 2.05) is 0 Å². The molecule has 0 saturated heterocycles. The fourth-order valence-corrected chi connectivity index (χ4v) is 0.130. The largest absolute Gasteiger partial charge is 0.506 e. The first-order valence-electron chi connectivity index (χ1n) is 1.74. The summed E-state index contributed by atoms with van der Waals surface area (Å²) in [7, 11) is 0. The molecule has 48 valence electrons. The van der Waals surface area contributed by atoms with E-state index in [0.717, 1.165) is 0 Å². The quantitative estimate of drug-likeness (QED) is 0.454. The molecule has 3 nitrogen and oxygen atoms in total. The van der Waals surface area contributed by atoms with Gasteiger partial charge in [0.15, 0.2) is 0 Å². The van der Waals surface area contributed by atoms with Crippen LogP contribution in [0, 0.1) is 0 Å². The fourth-order valence-electron chi connectivity index (χ4n) is 0.130. The Kier molecular flexibility index (Phi) is 8.24. The van der Waals surface area contributed by atoms with Crippen molar-refractivity contribution >= 4 is 19.7 Å². The van der Waals surface area contributed by atoms with Gasteiger partial charge in [-0.15, -0.1) is 0 Å². The maximum Gasteiger partial charge on any atom is 0.506 e. The Morgan fingerprint density at radius 3 is 2.50 bits per heavy atom. The molecule has 4 heteroatoms. The Bertz CT molecular complexity index is 81.4. The molecule has 0 spiro atoms. The smallest absolute Gasteiger partial charge is 0.450 e. The van der Waals surface area contributed by atoms with Crippen molar-refractivity contribution in [3.63, 3.8) is 0 Å². The molecule has 0 atom stereocenters. The van der Waals surface area contributed by atoms with E-state index in [2.05, 4.69) is 11.3 Å². The third kappa shape index (κ3) is 9.03. The third-order valence-corrected chi connectivity index (χ3v) is 0.325. The molecule has 1 N–H and O–H groups in total. The number of rotatable bonds is 2. The Morgan fingerprint density at radius 1 is 1.88 bits per heavy atom. The van der Waals surface area contributed by atoms with Crippen LogP contribution in [0.1, 0.15) is 0 Å². The van der Waals surface area contributed by atoms with Crippen molar-refractivity contribution in [1.29, 1.82) is 0 Å². The van der Waals surface area contributed by atoms with Crippen LogP contribution < -0.4 is 0 Å². The second-order valence-electron chi connectivity index (χ2n) is 0.866. The average Bonchev–Trinajstić information content (AvgIpc) is 1.61. The van der Waals surface area contributed by atoms with Crippen molar-refractivity contribution in [3.8, 4) is 0 Å². The van der Waals surface area contributed by atoms with Gasteiger partial charge in [0.1, 0.15) is 6.61 Å². The first-order chi connectivity index (χ1) is 3.27. The summed E-state index contributed by atoms with van der Waals surface area (Å²) in [5.74, 6) is 0. The lowest BCUT2D eigenvalue weighted by molar-refractivity contribution is 0.102. The molecule has 0 saturated carbocycles. The summed E-state index contributed by atoms with van der Waals surface area (Å²) in [6.45, 7) is 3.31. The maximum atomic E-state index is 9.49. The van der Waals surface area contributed by atoms with Gasteiger partial charge < -0.3 is 9.84 Å². The zero-order chi connectivity index (χ0) is 5.70. The summed E-state index contributed by atoms with van der Waals surface area (Å²) in [6, 6.07) is 0. The molecule has 0 aromatic carbocycles. The van der Waals surface area contributed by atoms with Crippen molar-refractivity contribution < 1.29 is 14.6 Å². The van der Waals surface area contributed by atoms with E-state index in [1.165, 1.54) is 6.08 Å². The minimum absolute atomic E-state index is 0. The van der Waals surface area contributed by atoms with Crippen LogP contribution in [0.4, 0.5) is 4.79 Å². The van der Waals surface area contributed by atoms with Gasteiger partial charge in [0, 0.05) is 0 Å². The van der Waals surface area contributed by atoms with Crippen LogP contribution in [0.5, 0.6) is 0 Å². The highest BCUT2D eigenvalue weighted by atomic mass is 32.1. The van der Waals surface area contributed by atoms with E-state index in [0.29, 0.717) is 0 Å². The number of hydrogen-bond donors (Lipinski definition) is 1. The molecule has 0 rings (SSSR count). The summed E-state index contributed by atoms with van der Waals surface area (Å²) < 4.78 is 3.99. The molecule has 0 bridgehead atoms. The van der Waals surface area contributed by atoms with Gasteiger partial charge in [-0.2, -0.15) is 13.5 Å². The van der Waals surface area contributed by atoms with Gasteiger partial charge in [-0.1, -0.05) is 12.7 Å². The standard InChI is InChI=1S/C4H6O3.H2S/c1-2-3-7-4(5)6;/h2H,1,3H2,(H,5,6);1H2. The van der Waals surface area contributed by atoms with Gasteiger partial charge in [-0.25, -0.2) is 4.79 Å². The van der Waals surface area contributed by atoms with E-state index in [-0.39, 0.29) is 20.1 Å². The van der Waals surface area contributed by atoms with Crippen LogP contribution in [0.2, 0.25) is 0 Å². The van der Waals surface area contributed by atoms with E-state index < -0.39 is 6.16 Å². The topological polar surface area (TPSA) is 46.5 Å². The summed E-state index contributed by atoms with van der Waals surface area (Å²) in [5, 5.41) is 7.77. The molecule has 0 aromatic heterocycles. The third-order valence-electron chi connectivity index (χ3n) is 0.325. The molecule has 0 aliphatic carbocycles. The zero-order valence-corrected chi connectivity index (χ0v) is 5.26. The number of carbonyl (C=O) groups is 1. The molecule has 0 aromatic rings. The lowest BCUT2D eigenvalue weighted by Crippen LogP contribution is -1.98. The van der Waals surface area contributed by atoms with Crippen molar-refractivity contribution in [1.82, 2.24) is 0 Å². The van der Waals surface area contributed by atoms with E-state index in [9.17, 15) is 4.79 Å². The Hall–Kier alpha value is -0.640. The summed E-state index contributed by atoms with van der Waals surface area (Å²) in [4.78, 5) is 9.49. The van der Waals surface area contributed by atoms with E-state index >= 15 is 0 Å². The highest BCUT2D eigenvalue weighted by Gasteiger charge is 1.87. The van der Waals surface area contributed by atoms with Crippen LogP contribution in [0.15, 0.2) is 12.7 Å². The second kappa shape index (κ2) is 6.36. The summed E-state index contributed by atoms with van der Waals surface area (Å²) in [5.41, 5.74) is 0. The Balaban J connectivity index is 0. The van der Waals surface area contributed by atoms with Gasteiger partial charge in [0.2, 0.25) is 0 Å². The second-order valence-corrected chi connectivity index (χ2v) is 0.866. The Labute approximate surface area is 54.4 Å². The van der Waals surface area contributed by atoms with Crippen molar-refractivity contribution in [2.45, 2.75) is 0 Å². The van der Waals surface area contributed by atoms with E-state index in [1.54, 1.807) is 0 Å². The summed E-state index contributed by atoms with van der Waals surface area (Å²) in [6.07, 6.45) is 0.105. The molecule has 8 heavy (non-hydrogen) atoms. The molecule has 0 aliphatic heterocycles. The van der Waals surface area contributed by atoms with Crippen LogP contribution >= 0.6 is 13.5 Å². The number of hydrogen-bond acceptors (Lipinski definition) is 2. The maximum absolute atomic E-state index is 9.49. The van der Waals surface area contributed by atoms with Crippen molar-refractivity contribution in [2.24, 2.45) is 0 Å². The van der Waals surface area contributed by atoms with E-state index in [4.69, 9.17) is 5.11 Å². The molecule has 0 fully saturated rings. The van der Waals surface area contributed by atoms with Crippen LogP contribution in [0.25, 0.3) is 0 Å². The fraction of sp³-hybridized carbons (Fsp3) is 0.250. The van der Waals surface area contributed by atoms with Gasteiger partial charge >= 0.3 is 6.16 Å². The van der Waals surface area contributed by atoms with Crippen molar-refractivity contribution in [2.75, 3.05) is 6.61 Å². The van der Waals surface area contributed by atoms with Gasteiger partial charge in [-0.05, 0) is 0 Å². The molecule has 0 amide bonds. The van der Waals surface area contributed by atoms with Crippen molar-refractivity contribution in [3.05, 3.63) is 12.7 Å². The minimum Gasteiger partial charge on any atom is -0.450 e. The monoisotopic (exact) mass is 136 g/mol. The molecule has 0 radical (unpaired) electrons. The highest BCUT2D eigenvalue weighted by molar-refractivity contribution is 7.59. The molecular weight excluding hydrogens is 128 g/mol. The Morgan fingerprint density at radius 2 is 2.38 bits per heavy atom. The molecule has 0 unspecified atom stereocenters.